The Morgan fingerprint density at radius 1 is 1.07 bits per heavy atom. The zero-order valence-electron chi connectivity index (χ0n) is 14.5. The highest BCUT2D eigenvalue weighted by Gasteiger charge is 2.30. The normalized spacial score (nSPS) is 11.1. The molecule has 144 valence electrons. The van der Waals surface area contributed by atoms with Crippen LogP contribution < -0.4 is 4.74 Å². The molecule has 0 saturated carbocycles. The number of nitrogens with zero attached hydrogens (tertiary/aromatic N) is 1. The van der Waals surface area contributed by atoms with Crippen LogP contribution in [0.1, 0.15) is 16.7 Å². The van der Waals surface area contributed by atoms with Crippen LogP contribution in [0.25, 0.3) is 0 Å². The summed E-state index contributed by atoms with van der Waals surface area (Å²) in [6.07, 6.45) is -4.59. The van der Waals surface area contributed by atoms with E-state index < -0.39 is 24.3 Å². The number of hydrogen-bond acceptors (Lipinski definition) is 3. The van der Waals surface area contributed by atoms with Gasteiger partial charge < -0.3 is 14.7 Å². The van der Waals surface area contributed by atoms with E-state index in [0.717, 1.165) is 17.7 Å². The topological polar surface area (TPSA) is 66.8 Å². The molecule has 0 unspecified atom stereocenters. The fraction of sp³-hybridized carbons (Fsp3) is 0.263. The maximum Gasteiger partial charge on any atom is 0.416 e. The minimum Gasteiger partial charge on any atom is -0.482 e. The average molecular weight is 381 g/mol. The zero-order chi connectivity index (χ0) is 20.0. The van der Waals surface area contributed by atoms with E-state index in [1.54, 1.807) is 31.3 Å². The number of carbonyl (C=O) groups is 2. The second-order valence-corrected chi connectivity index (χ2v) is 5.95. The first-order chi connectivity index (χ1) is 12.6. The highest BCUT2D eigenvalue weighted by atomic mass is 19.4. The van der Waals surface area contributed by atoms with Crippen molar-refractivity contribution in [1.29, 1.82) is 0 Å². The van der Waals surface area contributed by atoms with E-state index in [2.05, 4.69) is 0 Å². The third-order valence-electron chi connectivity index (χ3n) is 3.74. The summed E-state index contributed by atoms with van der Waals surface area (Å²) in [4.78, 5) is 24.1. The van der Waals surface area contributed by atoms with Crippen molar-refractivity contribution in [2.24, 2.45) is 0 Å². The fourth-order valence-corrected chi connectivity index (χ4v) is 2.37. The molecule has 2 aromatic carbocycles. The summed E-state index contributed by atoms with van der Waals surface area (Å²) in [7, 11) is 1.56. The number of benzene rings is 2. The molecule has 0 saturated heterocycles. The van der Waals surface area contributed by atoms with Crippen LogP contribution in [0.2, 0.25) is 0 Å². The summed E-state index contributed by atoms with van der Waals surface area (Å²) in [6, 6.07) is 11.2. The molecule has 27 heavy (non-hydrogen) atoms. The molecule has 2 aromatic rings. The Morgan fingerprint density at radius 3 is 2.33 bits per heavy atom. The number of amides is 1. The molecule has 8 heteroatoms. The van der Waals surface area contributed by atoms with Crippen LogP contribution >= 0.6 is 0 Å². The lowest BCUT2D eigenvalue weighted by Gasteiger charge is -2.18. The van der Waals surface area contributed by atoms with Gasteiger partial charge in [-0.1, -0.05) is 30.3 Å². The summed E-state index contributed by atoms with van der Waals surface area (Å²) in [6.45, 7) is -0.189. The maximum atomic E-state index is 12.7. The van der Waals surface area contributed by atoms with Gasteiger partial charge in [-0.3, -0.25) is 4.79 Å². The second-order valence-electron chi connectivity index (χ2n) is 5.95. The van der Waals surface area contributed by atoms with Crippen molar-refractivity contribution in [3.8, 4) is 5.75 Å². The van der Waals surface area contributed by atoms with Crippen molar-refractivity contribution < 1.29 is 32.6 Å². The molecule has 0 fully saturated rings. The average Bonchev–Trinajstić information content (AvgIpc) is 2.60. The van der Waals surface area contributed by atoms with Crippen LogP contribution in [0.4, 0.5) is 13.2 Å². The zero-order valence-corrected chi connectivity index (χ0v) is 14.5. The summed E-state index contributed by atoms with van der Waals surface area (Å²) in [5, 5.41) is 8.56. The molecule has 1 amide bonds. The van der Waals surface area contributed by atoms with E-state index in [0.29, 0.717) is 11.3 Å². The highest BCUT2D eigenvalue weighted by molar-refractivity contribution is 5.78. The molecule has 0 aliphatic heterocycles. The fourth-order valence-electron chi connectivity index (χ4n) is 2.37. The Kier molecular flexibility index (Phi) is 6.44. The van der Waals surface area contributed by atoms with E-state index in [-0.39, 0.29) is 18.9 Å². The summed E-state index contributed by atoms with van der Waals surface area (Å²) >= 11 is 0. The van der Waals surface area contributed by atoms with Crippen LogP contribution in [-0.4, -0.2) is 35.5 Å². The van der Waals surface area contributed by atoms with Gasteiger partial charge in [0.15, 0.2) is 6.61 Å². The van der Waals surface area contributed by atoms with Crippen molar-refractivity contribution >= 4 is 11.9 Å². The lowest BCUT2D eigenvalue weighted by Crippen LogP contribution is -2.27. The Balaban J connectivity index is 1.95. The SMILES string of the molecule is CN(Cc1ccc(OCC(=O)O)cc1)C(=O)Cc1cccc(C(F)(F)F)c1. The van der Waals surface area contributed by atoms with Crippen LogP contribution in [0.15, 0.2) is 48.5 Å². The largest absolute Gasteiger partial charge is 0.482 e. The van der Waals surface area contributed by atoms with Crippen LogP contribution in [0.5, 0.6) is 5.75 Å². The predicted octanol–water partition coefficient (Wildman–Crippen LogP) is 3.37. The van der Waals surface area contributed by atoms with E-state index in [1.165, 1.54) is 17.0 Å². The van der Waals surface area contributed by atoms with Crippen LogP contribution in [0.3, 0.4) is 0 Å². The number of hydrogen-bond donors (Lipinski definition) is 1. The van der Waals surface area contributed by atoms with Gasteiger partial charge >= 0.3 is 12.1 Å². The Bertz CT molecular complexity index is 803. The monoisotopic (exact) mass is 381 g/mol. The number of alkyl halides is 3. The van der Waals surface area contributed by atoms with Crippen molar-refractivity contribution in [1.82, 2.24) is 4.90 Å². The number of carbonyl (C=O) groups excluding carboxylic acids is 1. The lowest BCUT2D eigenvalue weighted by atomic mass is 10.1. The first-order valence-corrected chi connectivity index (χ1v) is 7.99. The van der Waals surface area contributed by atoms with Gasteiger partial charge in [-0.25, -0.2) is 4.79 Å². The molecule has 0 atom stereocenters. The smallest absolute Gasteiger partial charge is 0.416 e. The Hall–Kier alpha value is -3.03. The van der Waals surface area contributed by atoms with Gasteiger partial charge in [-0.15, -0.1) is 0 Å². The minimum atomic E-state index is -4.45. The first-order valence-electron chi connectivity index (χ1n) is 7.99. The van der Waals surface area contributed by atoms with E-state index in [9.17, 15) is 22.8 Å². The maximum absolute atomic E-state index is 12.7. The molecular weight excluding hydrogens is 363 g/mol. The van der Waals surface area contributed by atoms with Gasteiger partial charge in [0.2, 0.25) is 5.91 Å². The van der Waals surface area contributed by atoms with Crippen molar-refractivity contribution in [2.45, 2.75) is 19.1 Å². The molecule has 0 radical (unpaired) electrons. The Morgan fingerprint density at radius 2 is 1.74 bits per heavy atom. The number of rotatable bonds is 7. The van der Waals surface area contributed by atoms with Gasteiger partial charge in [0.25, 0.3) is 0 Å². The summed E-state index contributed by atoms with van der Waals surface area (Å²) in [5.74, 6) is -1.02. The molecule has 0 aliphatic carbocycles. The van der Waals surface area contributed by atoms with Crippen molar-refractivity contribution in [3.63, 3.8) is 0 Å². The third-order valence-corrected chi connectivity index (χ3v) is 3.74. The summed E-state index contributed by atoms with van der Waals surface area (Å²) < 4.78 is 43.3. The number of carboxylic acids is 1. The molecule has 0 heterocycles. The highest BCUT2D eigenvalue weighted by Crippen LogP contribution is 2.29. The van der Waals surface area contributed by atoms with Gasteiger partial charge in [0, 0.05) is 13.6 Å². The molecule has 0 aromatic heterocycles. The second kappa shape index (κ2) is 8.57. The number of carboxylic acid groups (broad SMARTS) is 1. The van der Waals surface area contributed by atoms with Crippen molar-refractivity contribution in [2.75, 3.05) is 13.7 Å². The molecule has 5 nitrogen and oxygen atoms in total. The first kappa shape index (κ1) is 20.3. The summed E-state index contributed by atoms with van der Waals surface area (Å²) in [5.41, 5.74) is 0.282. The van der Waals surface area contributed by atoms with Gasteiger partial charge in [0.05, 0.1) is 12.0 Å². The van der Waals surface area contributed by atoms with Gasteiger partial charge in [-0.2, -0.15) is 13.2 Å². The van der Waals surface area contributed by atoms with E-state index >= 15 is 0 Å². The van der Waals surface area contributed by atoms with Gasteiger partial charge in [-0.05, 0) is 29.3 Å². The van der Waals surface area contributed by atoms with E-state index in [1.807, 2.05) is 0 Å². The van der Waals surface area contributed by atoms with Gasteiger partial charge in [0.1, 0.15) is 5.75 Å². The number of halogens is 3. The standard InChI is InChI=1S/C19H18F3NO4/c1-23(11-13-5-7-16(8-6-13)27-12-18(25)26)17(24)10-14-3-2-4-15(9-14)19(20,21)22/h2-9H,10-12H2,1H3,(H,25,26). The lowest BCUT2D eigenvalue weighted by molar-refractivity contribution is -0.139. The molecule has 0 aliphatic rings. The quantitative estimate of drug-likeness (QED) is 0.799. The Labute approximate surface area is 154 Å². The third kappa shape index (κ3) is 6.32. The number of likely N-dealkylation sites (N-methyl/N-ethyl adjacent to an activating group) is 1. The minimum absolute atomic E-state index is 0.139. The number of aliphatic carboxylic acids is 1. The molecule has 1 N–H and O–H groups in total. The molecule has 2 rings (SSSR count). The molecule has 0 spiro atoms. The van der Waals surface area contributed by atoms with Crippen molar-refractivity contribution in [3.05, 3.63) is 65.2 Å². The van der Waals surface area contributed by atoms with Crippen LogP contribution in [-0.2, 0) is 28.7 Å². The predicted molar refractivity (Wildman–Crippen MR) is 91.2 cm³/mol. The number of ether oxygens (including phenoxy) is 1. The van der Waals surface area contributed by atoms with Crippen LogP contribution in [0, 0.1) is 0 Å². The van der Waals surface area contributed by atoms with E-state index in [4.69, 9.17) is 9.84 Å². The molecule has 0 bridgehead atoms. The molecular formula is C19H18F3NO4.